The van der Waals surface area contributed by atoms with Crippen molar-refractivity contribution < 1.29 is 0 Å². The lowest BCUT2D eigenvalue weighted by Crippen LogP contribution is -1.87. The van der Waals surface area contributed by atoms with E-state index >= 15 is 0 Å². The average Bonchev–Trinajstić information content (AvgIpc) is 2.77. The summed E-state index contributed by atoms with van der Waals surface area (Å²) in [6.45, 7) is 0. The molecular weight excluding hydrogens is 248 g/mol. The van der Waals surface area contributed by atoms with Gasteiger partial charge in [-0.1, -0.05) is 11.6 Å². The first-order valence-corrected chi connectivity index (χ1v) is 5.87. The van der Waals surface area contributed by atoms with Crippen molar-refractivity contribution in [3.8, 4) is 0 Å². The van der Waals surface area contributed by atoms with Gasteiger partial charge in [-0.15, -0.1) is 0 Å². The van der Waals surface area contributed by atoms with Crippen molar-refractivity contribution in [2.45, 2.75) is 0 Å². The molecule has 0 atom stereocenters. The fourth-order valence-corrected chi connectivity index (χ4v) is 2.38. The monoisotopic (exact) mass is 254 g/mol. The summed E-state index contributed by atoms with van der Waals surface area (Å²) in [5, 5.41) is 1.67. The van der Waals surface area contributed by atoms with Crippen molar-refractivity contribution in [1.82, 2.24) is 19.4 Å². The van der Waals surface area contributed by atoms with Crippen molar-refractivity contribution in [3.05, 3.63) is 48.0 Å². The number of imidazole rings is 1. The first-order valence-electron chi connectivity index (χ1n) is 5.49. The van der Waals surface area contributed by atoms with Crippen molar-refractivity contribution >= 4 is 39.2 Å². The lowest BCUT2D eigenvalue weighted by Gasteiger charge is -1.99. The van der Waals surface area contributed by atoms with Crippen LogP contribution in [0, 0.1) is 0 Å². The summed E-state index contributed by atoms with van der Waals surface area (Å²) in [5.74, 6) is 0. The molecule has 0 unspecified atom stereocenters. The van der Waals surface area contributed by atoms with Crippen LogP contribution in [0.5, 0.6) is 0 Å². The van der Waals surface area contributed by atoms with Gasteiger partial charge in [0.2, 0.25) is 0 Å². The van der Waals surface area contributed by atoms with Crippen LogP contribution in [-0.4, -0.2) is 19.4 Å². The van der Waals surface area contributed by atoms with E-state index in [1.165, 1.54) is 0 Å². The topological polar surface area (TPSA) is 43.1 Å². The molecule has 4 aromatic rings. The smallest absolute Gasteiger partial charge is 0.138 e. The number of aromatic nitrogens is 4. The number of pyridine rings is 1. The quantitative estimate of drug-likeness (QED) is 0.484. The lowest BCUT2D eigenvalue weighted by molar-refractivity contribution is 1.20. The summed E-state index contributed by atoms with van der Waals surface area (Å²) in [6, 6.07) is 7.68. The van der Waals surface area contributed by atoms with E-state index in [1.807, 2.05) is 34.9 Å². The second-order valence-corrected chi connectivity index (χ2v) is 4.52. The fourth-order valence-electron chi connectivity index (χ4n) is 2.22. The summed E-state index contributed by atoms with van der Waals surface area (Å²) in [5.41, 5.74) is 3.62. The van der Waals surface area contributed by atoms with Gasteiger partial charge in [0, 0.05) is 17.8 Å². The van der Waals surface area contributed by atoms with Crippen LogP contribution in [0.25, 0.3) is 27.6 Å². The number of benzene rings is 1. The molecule has 0 radical (unpaired) electrons. The van der Waals surface area contributed by atoms with Gasteiger partial charge >= 0.3 is 0 Å². The molecule has 0 bridgehead atoms. The third-order valence-corrected chi connectivity index (χ3v) is 3.22. The molecule has 0 aliphatic heterocycles. The molecule has 86 valence electrons. The van der Waals surface area contributed by atoms with Gasteiger partial charge in [0.1, 0.15) is 12.0 Å². The number of hydrogen-bond acceptors (Lipinski definition) is 3. The summed E-state index contributed by atoms with van der Waals surface area (Å²) in [6.07, 6.45) is 5.20. The molecule has 1 aromatic carbocycles. The molecule has 0 amide bonds. The van der Waals surface area contributed by atoms with E-state index in [0.29, 0.717) is 5.02 Å². The van der Waals surface area contributed by atoms with Gasteiger partial charge in [-0.05, 0) is 24.3 Å². The number of hydrogen-bond donors (Lipinski definition) is 0. The normalized spacial score (nSPS) is 11.6. The molecule has 0 saturated carbocycles. The summed E-state index contributed by atoms with van der Waals surface area (Å²) >= 11 is 6.05. The molecule has 5 heteroatoms. The average molecular weight is 255 g/mol. The Morgan fingerprint density at radius 3 is 3.00 bits per heavy atom. The van der Waals surface area contributed by atoms with E-state index in [-0.39, 0.29) is 0 Å². The van der Waals surface area contributed by atoms with Crippen molar-refractivity contribution in [3.63, 3.8) is 0 Å². The molecule has 0 N–H and O–H groups in total. The van der Waals surface area contributed by atoms with Gasteiger partial charge in [-0.3, -0.25) is 4.40 Å². The third kappa shape index (κ3) is 1.23. The van der Waals surface area contributed by atoms with Gasteiger partial charge in [-0.25, -0.2) is 15.0 Å². The second kappa shape index (κ2) is 3.40. The zero-order valence-corrected chi connectivity index (χ0v) is 9.96. The maximum absolute atomic E-state index is 6.05. The standard InChI is InChI=1S/C13H7ClN4/c14-9-2-4-11-17-10-3-1-8-5-15-7-16-12(8)13(10)18(11)6-9/h1-7H. The van der Waals surface area contributed by atoms with Crippen LogP contribution in [0.4, 0.5) is 0 Å². The highest BCUT2D eigenvalue weighted by Crippen LogP contribution is 2.25. The maximum Gasteiger partial charge on any atom is 0.138 e. The minimum absolute atomic E-state index is 0.674. The first-order chi connectivity index (χ1) is 8.83. The SMILES string of the molecule is Clc1ccc2nc3ccc4cncnc4c3n2c1. The highest BCUT2D eigenvalue weighted by molar-refractivity contribution is 6.30. The Kier molecular flexibility index (Phi) is 1.85. The van der Waals surface area contributed by atoms with E-state index < -0.39 is 0 Å². The molecule has 18 heavy (non-hydrogen) atoms. The summed E-state index contributed by atoms with van der Waals surface area (Å²) in [7, 11) is 0. The Bertz CT molecular complexity index is 897. The third-order valence-electron chi connectivity index (χ3n) is 3.00. The van der Waals surface area contributed by atoms with Crippen molar-refractivity contribution in [2.75, 3.05) is 0 Å². The molecular formula is C13H7ClN4. The van der Waals surface area contributed by atoms with Crippen LogP contribution < -0.4 is 0 Å². The van der Waals surface area contributed by atoms with Crippen LogP contribution >= 0.6 is 11.6 Å². The van der Waals surface area contributed by atoms with Crippen LogP contribution in [0.1, 0.15) is 0 Å². The summed E-state index contributed by atoms with van der Waals surface area (Å²) < 4.78 is 1.97. The number of halogens is 1. The highest BCUT2D eigenvalue weighted by atomic mass is 35.5. The Balaban J connectivity index is 2.35. The molecule has 4 rings (SSSR count). The van der Waals surface area contributed by atoms with E-state index in [1.54, 1.807) is 12.5 Å². The molecule has 0 fully saturated rings. The Morgan fingerprint density at radius 2 is 2.06 bits per heavy atom. The zero-order chi connectivity index (χ0) is 12.1. The van der Waals surface area contributed by atoms with Gasteiger partial charge < -0.3 is 0 Å². The zero-order valence-electron chi connectivity index (χ0n) is 9.21. The Labute approximate surface area is 107 Å². The molecule has 0 aliphatic carbocycles. The first kappa shape index (κ1) is 9.79. The number of fused-ring (bicyclic) bond motifs is 5. The molecule has 3 aromatic heterocycles. The maximum atomic E-state index is 6.05. The summed E-state index contributed by atoms with van der Waals surface area (Å²) in [4.78, 5) is 12.9. The van der Waals surface area contributed by atoms with E-state index in [0.717, 1.165) is 27.6 Å². The molecule has 3 heterocycles. The Hall–Kier alpha value is -2.20. The number of rotatable bonds is 0. The van der Waals surface area contributed by atoms with E-state index in [2.05, 4.69) is 15.0 Å². The molecule has 4 nitrogen and oxygen atoms in total. The second-order valence-electron chi connectivity index (χ2n) is 4.08. The Morgan fingerprint density at radius 1 is 1.11 bits per heavy atom. The van der Waals surface area contributed by atoms with E-state index in [9.17, 15) is 0 Å². The minimum atomic E-state index is 0.674. The largest absolute Gasteiger partial charge is 0.296 e. The van der Waals surface area contributed by atoms with Gasteiger partial charge in [0.15, 0.2) is 0 Å². The lowest BCUT2D eigenvalue weighted by atomic mass is 10.2. The number of nitrogens with zero attached hydrogens (tertiary/aromatic N) is 4. The van der Waals surface area contributed by atoms with Gasteiger partial charge in [-0.2, -0.15) is 0 Å². The highest BCUT2D eigenvalue weighted by Gasteiger charge is 2.09. The predicted octanol–water partition coefficient (Wildman–Crippen LogP) is 3.08. The van der Waals surface area contributed by atoms with Crippen LogP contribution in [0.15, 0.2) is 43.0 Å². The van der Waals surface area contributed by atoms with Crippen LogP contribution in [0.2, 0.25) is 5.02 Å². The molecule has 0 spiro atoms. The molecule has 0 aliphatic rings. The predicted molar refractivity (Wildman–Crippen MR) is 70.8 cm³/mol. The van der Waals surface area contributed by atoms with Gasteiger partial charge in [0.05, 0.1) is 21.6 Å². The minimum Gasteiger partial charge on any atom is -0.296 e. The van der Waals surface area contributed by atoms with Gasteiger partial charge in [0.25, 0.3) is 0 Å². The van der Waals surface area contributed by atoms with Crippen molar-refractivity contribution in [1.29, 1.82) is 0 Å². The van der Waals surface area contributed by atoms with Crippen molar-refractivity contribution in [2.24, 2.45) is 0 Å². The fraction of sp³-hybridized carbons (Fsp3) is 0. The molecule has 0 saturated heterocycles. The van der Waals surface area contributed by atoms with E-state index in [4.69, 9.17) is 11.6 Å². The van der Waals surface area contributed by atoms with Crippen LogP contribution in [-0.2, 0) is 0 Å². The van der Waals surface area contributed by atoms with Crippen LogP contribution in [0.3, 0.4) is 0 Å².